The van der Waals surface area contributed by atoms with Gasteiger partial charge in [-0.1, -0.05) is 0 Å². The lowest BCUT2D eigenvalue weighted by Crippen LogP contribution is -2.32. The molecule has 0 saturated carbocycles. The third-order valence-corrected chi connectivity index (χ3v) is 2.45. The number of hydrogen-bond donors (Lipinski definition) is 2. The van der Waals surface area contributed by atoms with Gasteiger partial charge in [-0.2, -0.15) is 23.4 Å². The van der Waals surface area contributed by atoms with Crippen molar-refractivity contribution >= 4 is 11.5 Å². The molecule has 2 rings (SSSR count). The molecule has 0 fully saturated rings. The molecular weight excluding hydrogens is 237 g/mol. The van der Waals surface area contributed by atoms with Gasteiger partial charge in [0, 0.05) is 12.0 Å². The van der Waals surface area contributed by atoms with Crippen LogP contribution in [0.4, 0.5) is 24.7 Å². The number of nitrogens with zero attached hydrogens (tertiary/aromatic N) is 2. The largest absolute Gasteiger partial charge is 0.464 e. The Morgan fingerprint density at radius 2 is 2.06 bits per heavy atom. The van der Waals surface area contributed by atoms with E-state index >= 15 is 0 Å². The Balaban J connectivity index is 2.47. The fourth-order valence-corrected chi connectivity index (χ4v) is 1.59. The monoisotopic (exact) mass is 244 g/mol. The Morgan fingerprint density at radius 3 is 2.59 bits per heavy atom. The molecule has 0 saturated heterocycles. The normalized spacial score (nSPS) is 18.4. The lowest BCUT2D eigenvalue weighted by molar-refractivity contribution is -0.189. The second kappa shape index (κ2) is 3.41. The van der Waals surface area contributed by atoms with Crippen molar-refractivity contribution in [1.29, 1.82) is 5.26 Å². The van der Waals surface area contributed by atoms with Crippen LogP contribution in [0, 0.1) is 11.3 Å². The van der Waals surface area contributed by atoms with Crippen LogP contribution >= 0.6 is 0 Å². The summed E-state index contributed by atoms with van der Waals surface area (Å²) in [7, 11) is 0. The second-order valence-corrected chi connectivity index (χ2v) is 3.53. The molecule has 1 aliphatic heterocycles. The summed E-state index contributed by atoms with van der Waals surface area (Å²) >= 11 is 0. The van der Waals surface area contributed by atoms with Gasteiger partial charge in [0.1, 0.15) is 17.5 Å². The Hall–Kier alpha value is -2.17. The van der Waals surface area contributed by atoms with Gasteiger partial charge in [-0.25, -0.2) is 0 Å². The van der Waals surface area contributed by atoms with E-state index in [1.807, 2.05) is 0 Å². The molecule has 0 aromatic carbocycles. The Bertz CT molecular complexity index is 520. The molecule has 0 radical (unpaired) electrons. The highest BCUT2D eigenvalue weighted by Crippen LogP contribution is 2.40. The maximum Gasteiger partial charge on any atom is 0.425 e. The van der Waals surface area contributed by atoms with E-state index in [1.165, 1.54) is 0 Å². The number of rotatable bonds is 0. The van der Waals surface area contributed by atoms with Crippen molar-refractivity contribution in [1.82, 2.24) is 4.98 Å². The summed E-state index contributed by atoms with van der Waals surface area (Å²) in [6, 6.07) is 1.70. The van der Waals surface area contributed by atoms with Gasteiger partial charge in [0.25, 0.3) is 0 Å². The fraction of sp³-hybridized carbons (Fsp3) is 0.333. The van der Waals surface area contributed by atoms with Gasteiger partial charge in [-0.05, 0) is 0 Å². The minimum atomic E-state index is -4.51. The van der Waals surface area contributed by atoms with Crippen LogP contribution in [0.5, 0.6) is 5.88 Å². The molecule has 4 N–H and O–H groups in total. The number of pyridine rings is 1. The summed E-state index contributed by atoms with van der Waals surface area (Å²) in [6.07, 6.45) is -6.94. The summed E-state index contributed by atoms with van der Waals surface area (Å²) in [4.78, 5) is 3.60. The molecule has 0 unspecified atom stereocenters. The minimum Gasteiger partial charge on any atom is -0.464 e. The summed E-state index contributed by atoms with van der Waals surface area (Å²) < 4.78 is 42.0. The van der Waals surface area contributed by atoms with Crippen molar-refractivity contribution in [2.24, 2.45) is 0 Å². The molecule has 5 nitrogen and oxygen atoms in total. The van der Waals surface area contributed by atoms with Crippen LogP contribution in [0.2, 0.25) is 0 Å². The van der Waals surface area contributed by atoms with E-state index in [4.69, 9.17) is 16.7 Å². The Morgan fingerprint density at radius 1 is 1.41 bits per heavy atom. The average molecular weight is 244 g/mol. The van der Waals surface area contributed by atoms with Crippen molar-refractivity contribution in [3.63, 3.8) is 0 Å². The lowest BCUT2D eigenvalue weighted by atomic mass is 10.1. The van der Waals surface area contributed by atoms with Gasteiger partial charge in [0.15, 0.2) is 6.10 Å². The number of nitrogens with two attached hydrogens (primary N) is 2. The molecule has 1 aromatic heterocycles. The summed E-state index contributed by atoms with van der Waals surface area (Å²) in [5.41, 5.74) is 10.8. The van der Waals surface area contributed by atoms with Gasteiger partial charge in [-0.15, -0.1) is 0 Å². The maximum absolute atomic E-state index is 12.5. The predicted octanol–water partition coefficient (Wildman–Crippen LogP) is 0.983. The molecule has 0 bridgehead atoms. The van der Waals surface area contributed by atoms with Crippen molar-refractivity contribution < 1.29 is 17.9 Å². The van der Waals surface area contributed by atoms with Crippen molar-refractivity contribution in [3.8, 4) is 11.9 Å². The quantitative estimate of drug-likeness (QED) is 0.708. The number of anilines is 2. The van der Waals surface area contributed by atoms with Crippen LogP contribution in [0.25, 0.3) is 0 Å². The van der Waals surface area contributed by atoms with Gasteiger partial charge < -0.3 is 16.2 Å². The van der Waals surface area contributed by atoms with Gasteiger partial charge in [0.05, 0.1) is 5.69 Å². The van der Waals surface area contributed by atoms with Crippen molar-refractivity contribution in [2.45, 2.75) is 18.7 Å². The smallest absolute Gasteiger partial charge is 0.425 e. The number of aromatic nitrogens is 1. The number of alkyl halides is 3. The SMILES string of the molecule is N#Cc1c(N)nc2c(c1N)C[C@H](C(F)(F)F)O2. The van der Waals surface area contributed by atoms with Crippen LogP contribution in [0.15, 0.2) is 0 Å². The van der Waals surface area contributed by atoms with E-state index in [1.54, 1.807) is 6.07 Å². The van der Waals surface area contributed by atoms with Crippen LogP contribution < -0.4 is 16.2 Å². The van der Waals surface area contributed by atoms with Crippen molar-refractivity contribution in [2.75, 3.05) is 11.5 Å². The Labute approximate surface area is 93.8 Å². The van der Waals surface area contributed by atoms with E-state index in [2.05, 4.69) is 9.72 Å². The van der Waals surface area contributed by atoms with Crippen molar-refractivity contribution in [3.05, 3.63) is 11.1 Å². The molecule has 17 heavy (non-hydrogen) atoms. The first kappa shape index (κ1) is 11.3. The first-order chi connectivity index (χ1) is 7.84. The zero-order valence-corrected chi connectivity index (χ0v) is 8.38. The van der Waals surface area contributed by atoms with Gasteiger partial charge in [0.2, 0.25) is 5.88 Å². The predicted molar refractivity (Wildman–Crippen MR) is 52.0 cm³/mol. The van der Waals surface area contributed by atoms with Crippen LogP contribution in [0.3, 0.4) is 0 Å². The number of ether oxygens (including phenoxy) is 1. The summed E-state index contributed by atoms with van der Waals surface area (Å²) in [5, 5.41) is 8.74. The molecule has 90 valence electrons. The fourth-order valence-electron chi connectivity index (χ4n) is 1.59. The van der Waals surface area contributed by atoms with Gasteiger partial charge in [-0.3, -0.25) is 0 Å². The molecule has 1 atom stereocenters. The molecule has 0 aliphatic carbocycles. The van der Waals surface area contributed by atoms with E-state index < -0.39 is 18.7 Å². The van der Waals surface area contributed by atoms with Crippen LogP contribution in [-0.4, -0.2) is 17.3 Å². The molecular formula is C9H7F3N4O. The molecule has 2 heterocycles. The number of nitriles is 1. The minimum absolute atomic E-state index is 0.0816. The number of nitrogen functional groups attached to an aromatic ring is 2. The zero-order chi connectivity index (χ0) is 12.8. The Kier molecular flexibility index (Phi) is 2.27. The first-order valence-corrected chi connectivity index (χ1v) is 4.56. The molecule has 0 amide bonds. The highest BCUT2D eigenvalue weighted by molar-refractivity contribution is 5.71. The third kappa shape index (κ3) is 1.69. The summed E-state index contributed by atoms with van der Waals surface area (Å²) in [5.74, 6) is -0.479. The number of halogens is 3. The molecule has 0 spiro atoms. The standard InChI is InChI=1S/C9H7F3N4O/c10-9(11,12)5-1-3-6(14)4(2-13)7(15)16-8(3)17-5/h5H,1H2,(H4,14,15,16)/t5-/m1/s1. The third-order valence-electron chi connectivity index (χ3n) is 2.45. The van der Waals surface area contributed by atoms with Crippen LogP contribution in [0.1, 0.15) is 11.1 Å². The zero-order valence-electron chi connectivity index (χ0n) is 8.38. The second-order valence-electron chi connectivity index (χ2n) is 3.53. The lowest BCUT2D eigenvalue weighted by Gasteiger charge is -2.13. The highest BCUT2D eigenvalue weighted by atomic mass is 19.4. The average Bonchev–Trinajstić information content (AvgIpc) is 2.61. The highest BCUT2D eigenvalue weighted by Gasteiger charge is 2.47. The van der Waals surface area contributed by atoms with Gasteiger partial charge >= 0.3 is 6.18 Å². The maximum atomic E-state index is 12.5. The topological polar surface area (TPSA) is 98.0 Å². The van der Waals surface area contributed by atoms with E-state index in [0.717, 1.165) is 0 Å². The molecule has 1 aromatic rings. The van der Waals surface area contributed by atoms with Crippen LogP contribution in [-0.2, 0) is 6.42 Å². The molecule has 1 aliphatic rings. The number of fused-ring (bicyclic) bond motifs is 1. The number of hydrogen-bond acceptors (Lipinski definition) is 5. The van der Waals surface area contributed by atoms with E-state index in [0.29, 0.717) is 0 Å². The summed E-state index contributed by atoms with van der Waals surface area (Å²) in [6.45, 7) is 0. The molecule has 8 heteroatoms. The van der Waals surface area contributed by atoms with E-state index in [-0.39, 0.29) is 28.5 Å². The first-order valence-electron chi connectivity index (χ1n) is 4.56. The van der Waals surface area contributed by atoms with E-state index in [9.17, 15) is 13.2 Å².